The number of hydrogen-bond donors (Lipinski definition) is 5. The molecule has 0 aliphatic heterocycles. The minimum Gasteiger partial charge on any atom is -0.463 e. The van der Waals surface area contributed by atoms with Crippen LogP contribution in [0.4, 0.5) is 0 Å². The van der Waals surface area contributed by atoms with Gasteiger partial charge in [0.25, 0.3) is 0 Å². The van der Waals surface area contributed by atoms with Crippen LogP contribution in [0.5, 0.6) is 0 Å². The molecule has 0 saturated carbocycles. The predicted molar refractivity (Wildman–Crippen MR) is 242 cm³/mol. The number of unbranched alkanes of at least 4 members (excludes halogenated alkanes) is 14. The second-order valence-electron chi connectivity index (χ2n) is 14.8. The summed E-state index contributed by atoms with van der Waals surface area (Å²) in [4.78, 5) is 43.6. The first-order valence-electron chi connectivity index (χ1n) is 22.4. The van der Waals surface area contributed by atoms with Crippen LogP contribution in [0, 0.1) is 0 Å². The van der Waals surface area contributed by atoms with Gasteiger partial charge in [-0.2, -0.15) is 0 Å². The molecule has 0 amide bonds. The zero-order valence-corrected chi connectivity index (χ0v) is 39.0. The molecular formula is C45H78O15P2. The zero-order chi connectivity index (χ0) is 46.0. The van der Waals surface area contributed by atoms with E-state index in [1.165, 1.54) is 57.8 Å². The molecule has 0 fully saturated rings. The van der Waals surface area contributed by atoms with Gasteiger partial charge < -0.3 is 34.6 Å². The minimum absolute atomic E-state index is 0.0968. The van der Waals surface area contributed by atoms with Crippen molar-refractivity contribution in [2.75, 3.05) is 39.6 Å². The van der Waals surface area contributed by atoms with Gasteiger partial charge >= 0.3 is 27.6 Å². The third-order valence-electron chi connectivity index (χ3n) is 8.77. The van der Waals surface area contributed by atoms with E-state index in [1.54, 1.807) is 0 Å². The Hall–Kier alpha value is -2.52. The number of aliphatic hydroxyl groups is 3. The van der Waals surface area contributed by atoms with Gasteiger partial charge in [0.15, 0.2) is 0 Å². The van der Waals surface area contributed by atoms with E-state index in [9.17, 15) is 43.8 Å². The summed E-state index contributed by atoms with van der Waals surface area (Å²) >= 11 is 0. The smallest absolute Gasteiger partial charge is 0.463 e. The summed E-state index contributed by atoms with van der Waals surface area (Å²) < 4.78 is 52.8. The fraction of sp³-hybridized carbons (Fsp3) is 0.689. The number of aliphatic hydroxyl groups excluding tert-OH is 3. The third-order valence-corrected chi connectivity index (χ3v) is 10.7. The molecule has 0 bridgehead atoms. The van der Waals surface area contributed by atoms with Crippen LogP contribution in [0.2, 0.25) is 0 Å². The summed E-state index contributed by atoms with van der Waals surface area (Å²) in [6.45, 7) is 0.149. The van der Waals surface area contributed by atoms with Crippen LogP contribution in [-0.2, 0) is 46.3 Å². The number of esters is 2. The Morgan fingerprint density at radius 1 is 0.435 bits per heavy atom. The van der Waals surface area contributed by atoms with E-state index < -0.39 is 85.5 Å². The first-order valence-corrected chi connectivity index (χ1v) is 25.3. The number of carbonyl (C=O) groups is 2. The maximum absolute atomic E-state index is 12.1. The lowest BCUT2D eigenvalue weighted by Crippen LogP contribution is -2.25. The lowest BCUT2D eigenvalue weighted by atomic mass is 10.1. The average Bonchev–Trinajstić information content (AvgIpc) is 3.24. The van der Waals surface area contributed by atoms with E-state index in [0.717, 1.165) is 38.5 Å². The summed E-state index contributed by atoms with van der Waals surface area (Å²) in [5.41, 5.74) is 0. The number of phosphoric acid groups is 2. The van der Waals surface area contributed by atoms with Gasteiger partial charge in [-0.3, -0.25) is 27.7 Å². The van der Waals surface area contributed by atoms with Crippen LogP contribution in [-0.4, -0.2) is 95.0 Å². The Morgan fingerprint density at radius 2 is 0.774 bits per heavy atom. The highest BCUT2D eigenvalue weighted by atomic mass is 31.2. The molecule has 5 unspecified atom stereocenters. The first-order chi connectivity index (χ1) is 29.8. The maximum atomic E-state index is 12.1. The molecule has 358 valence electrons. The maximum Gasteiger partial charge on any atom is 0.472 e. The normalized spacial score (nSPS) is 15.9. The van der Waals surface area contributed by atoms with Gasteiger partial charge in [0.05, 0.1) is 26.4 Å². The van der Waals surface area contributed by atoms with Gasteiger partial charge in [-0.15, -0.1) is 0 Å². The van der Waals surface area contributed by atoms with Crippen molar-refractivity contribution in [2.45, 2.75) is 161 Å². The molecule has 0 aliphatic carbocycles. The molecule has 0 aromatic carbocycles. The molecule has 17 heteroatoms. The van der Waals surface area contributed by atoms with Crippen LogP contribution in [0.3, 0.4) is 0 Å². The van der Waals surface area contributed by atoms with E-state index in [2.05, 4.69) is 50.2 Å². The highest BCUT2D eigenvalue weighted by molar-refractivity contribution is 7.47. The first kappa shape index (κ1) is 59.5. The standard InChI is InChI=1S/C45H78O15P2/c1-3-5-7-9-11-13-15-17-18-19-20-22-24-26-28-30-32-34-45(50)56-36-42(47)38-58-62(53,54)60-40-43(48)39-59-61(51,52)57-37-41(46)35-55-44(49)33-31-29-27-25-23-21-16-14-12-10-8-6-4-2/h6,8,10,12,14,16-18,21,23,25,27,41-43,46-48H,3-5,7,9,11,13,15,19-20,22,24,26,28-40H2,1-2H3,(H,51,52)(H,53,54)/b8-6+,12-10+,16-14-,18-17+,23-21-,27-25+. The molecule has 0 heterocycles. The molecule has 0 aromatic rings. The van der Waals surface area contributed by atoms with E-state index in [1.807, 2.05) is 54.7 Å². The minimum atomic E-state index is -4.80. The van der Waals surface area contributed by atoms with E-state index in [0.29, 0.717) is 19.3 Å². The molecular weight excluding hydrogens is 842 g/mol. The van der Waals surface area contributed by atoms with Gasteiger partial charge in [-0.1, -0.05) is 151 Å². The highest BCUT2D eigenvalue weighted by Crippen LogP contribution is 2.45. The molecule has 0 aromatic heterocycles. The molecule has 62 heavy (non-hydrogen) atoms. The second kappa shape index (κ2) is 41.2. The third kappa shape index (κ3) is 42.8. The molecule has 5 atom stereocenters. The molecule has 0 spiro atoms. The monoisotopic (exact) mass is 920 g/mol. The molecule has 15 nitrogen and oxygen atoms in total. The Kier molecular flexibility index (Phi) is 39.5. The highest BCUT2D eigenvalue weighted by Gasteiger charge is 2.28. The van der Waals surface area contributed by atoms with Crippen molar-refractivity contribution in [1.29, 1.82) is 0 Å². The van der Waals surface area contributed by atoms with Crippen molar-refractivity contribution in [3.63, 3.8) is 0 Å². The van der Waals surface area contributed by atoms with Crippen LogP contribution >= 0.6 is 15.6 Å². The van der Waals surface area contributed by atoms with E-state index in [-0.39, 0.29) is 12.8 Å². The van der Waals surface area contributed by atoms with Crippen LogP contribution in [0.15, 0.2) is 72.9 Å². The second-order valence-corrected chi connectivity index (χ2v) is 17.7. The lowest BCUT2D eigenvalue weighted by Gasteiger charge is -2.19. The fourth-order valence-electron chi connectivity index (χ4n) is 5.29. The Balaban J connectivity index is 3.97. The van der Waals surface area contributed by atoms with Crippen molar-refractivity contribution < 1.29 is 71.4 Å². The van der Waals surface area contributed by atoms with Crippen molar-refractivity contribution in [1.82, 2.24) is 0 Å². The van der Waals surface area contributed by atoms with Crippen molar-refractivity contribution in [2.24, 2.45) is 0 Å². The number of allylic oxidation sites excluding steroid dienone is 12. The van der Waals surface area contributed by atoms with Crippen LogP contribution < -0.4 is 0 Å². The summed E-state index contributed by atoms with van der Waals surface area (Å²) in [5.74, 6) is -1.08. The topological polar surface area (TPSA) is 225 Å². The number of carbonyl (C=O) groups excluding carboxylic acids is 2. The molecule has 0 aliphatic rings. The van der Waals surface area contributed by atoms with Crippen molar-refractivity contribution in [3.8, 4) is 0 Å². The Bertz CT molecular complexity index is 1390. The van der Waals surface area contributed by atoms with E-state index >= 15 is 0 Å². The summed E-state index contributed by atoms with van der Waals surface area (Å²) in [6, 6.07) is 0. The van der Waals surface area contributed by atoms with E-state index in [4.69, 9.17) is 9.47 Å². The number of hydrogen-bond acceptors (Lipinski definition) is 13. The Morgan fingerprint density at radius 3 is 1.21 bits per heavy atom. The van der Waals surface area contributed by atoms with Gasteiger partial charge in [-0.05, 0) is 51.4 Å². The van der Waals surface area contributed by atoms with Gasteiger partial charge in [-0.25, -0.2) is 9.13 Å². The molecule has 0 saturated heterocycles. The molecule has 0 radical (unpaired) electrons. The SMILES string of the molecule is CC/C=C/C=C/C=C\C=C/C=C/CCCC(=O)OCC(O)COP(=O)(O)OCC(O)COP(=O)(O)OCC(O)COC(=O)CCCCCCCCC/C=C/CCCCCCCC. The van der Waals surface area contributed by atoms with Gasteiger partial charge in [0.2, 0.25) is 0 Å². The summed E-state index contributed by atoms with van der Waals surface area (Å²) in [6.07, 6.45) is 39.1. The summed E-state index contributed by atoms with van der Waals surface area (Å²) in [5, 5.41) is 29.9. The average molecular weight is 921 g/mol. The number of ether oxygens (including phenoxy) is 2. The summed E-state index contributed by atoms with van der Waals surface area (Å²) in [7, 11) is -9.59. The zero-order valence-electron chi connectivity index (χ0n) is 37.3. The van der Waals surface area contributed by atoms with Crippen LogP contribution in [0.25, 0.3) is 0 Å². The van der Waals surface area contributed by atoms with Crippen LogP contribution in [0.1, 0.15) is 142 Å². The fourth-order valence-corrected chi connectivity index (χ4v) is 6.89. The van der Waals surface area contributed by atoms with Crippen molar-refractivity contribution in [3.05, 3.63) is 72.9 Å². The number of rotatable bonds is 42. The largest absolute Gasteiger partial charge is 0.472 e. The van der Waals surface area contributed by atoms with Crippen molar-refractivity contribution >= 4 is 27.6 Å². The van der Waals surface area contributed by atoms with Gasteiger partial charge in [0, 0.05) is 12.8 Å². The quantitative estimate of drug-likeness (QED) is 0.0126. The molecule has 0 rings (SSSR count). The number of phosphoric ester groups is 2. The lowest BCUT2D eigenvalue weighted by molar-refractivity contribution is -0.148. The Labute approximate surface area is 371 Å². The molecule has 5 N–H and O–H groups in total. The predicted octanol–water partition coefficient (Wildman–Crippen LogP) is 9.60. The van der Waals surface area contributed by atoms with Gasteiger partial charge in [0.1, 0.15) is 31.5 Å².